The lowest BCUT2D eigenvalue weighted by Gasteiger charge is -2.01. The van der Waals surface area contributed by atoms with Crippen LogP contribution in [0.25, 0.3) is 11.4 Å². The predicted octanol–water partition coefficient (Wildman–Crippen LogP) is 1.65. The van der Waals surface area contributed by atoms with Crippen molar-refractivity contribution in [1.82, 2.24) is 15.0 Å². The predicted molar refractivity (Wildman–Crippen MR) is 57.8 cm³/mol. The Hall–Kier alpha value is -2.17. The van der Waals surface area contributed by atoms with Gasteiger partial charge in [0.15, 0.2) is 0 Å². The van der Waals surface area contributed by atoms with E-state index in [1.54, 1.807) is 19.2 Å². The van der Waals surface area contributed by atoms with Crippen LogP contribution >= 0.6 is 0 Å². The van der Waals surface area contributed by atoms with Crippen LogP contribution in [-0.2, 0) is 4.74 Å². The summed E-state index contributed by atoms with van der Waals surface area (Å²) in [7, 11) is 0. The monoisotopic (exact) mass is 217 g/mol. The van der Waals surface area contributed by atoms with Crippen LogP contribution in [0.1, 0.15) is 17.5 Å². The molecule has 2 aromatic heterocycles. The van der Waals surface area contributed by atoms with E-state index in [-0.39, 0.29) is 5.82 Å². The Kier molecular flexibility index (Phi) is 2.95. The number of aromatic amines is 1. The Bertz CT molecular complexity index is 480. The molecule has 16 heavy (non-hydrogen) atoms. The summed E-state index contributed by atoms with van der Waals surface area (Å²) in [6.07, 6.45) is 3.33. The molecule has 5 nitrogen and oxygen atoms in total. The van der Waals surface area contributed by atoms with Crippen molar-refractivity contribution < 1.29 is 9.53 Å². The molecule has 0 saturated heterocycles. The highest BCUT2D eigenvalue weighted by atomic mass is 16.5. The van der Waals surface area contributed by atoms with Crippen molar-refractivity contribution in [3.8, 4) is 11.4 Å². The molecule has 1 N–H and O–H groups in total. The standard InChI is InChI=1S/C11H11N3O2/c1-2-16-11(15)10-13-7-5-9(14-10)8-4-3-6-12-8/h3-7,12H,2H2,1H3. The molecule has 0 aliphatic carbocycles. The summed E-state index contributed by atoms with van der Waals surface area (Å²) in [6.45, 7) is 2.06. The van der Waals surface area contributed by atoms with Gasteiger partial charge in [0.2, 0.25) is 5.82 Å². The fourth-order valence-electron chi connectivity index (χ4n) is 1.29. The normalized spacial score (nSPS) is 10.1. The van der Waals surface area contributed by atoms with E-state index in [4.69, 9.17) is 4.74 Å². The van der Waals surface area contributed by atoms with Crippen molar-refractivity contribution in [3.05, 3.63) is 36.4 Å². The maximum atomic E-state index is 11.4. The second-order valence-corrected chi connectivity index (χ2v) is 3.07. The quantitative estimate of drug-likeness (QED) is 0.794. The van der Waals surface area contributed by atoms with Crippen LogP contribution < -0.4 is 0 Å². The molecular formula is C11H11N3O2. The molecule has 0 aliphatic heterocycles. The van der Waals surface area contributed by atoms with Crippen LogP contribution in [0.4, 0.5) is 0 Å². The van der Waals surface area contributed by atoms with Crippen LogP contribution in [0.15, 0.2) is 30.6 Å². The van der Waals surface area contributed by atoms with Gasteiger partial charge in [-0.3, -0.25) is 0 Å². The molecule has 0 amide bonds. The highest BCUT2D eigenvalue weighted by Gasteiger charge is 2.11. The van der Waals surface area contributed by atoms with Crippen molar-refractivity contribution in [3.63, 3.8) is 0 Å². The summed E-state index contributed by atoms with van der Waals surface area (Å²) in [6, 6.07) is 5.47. The van der Waals surface area contributed by atoms with Crippen molar-refractivity contribution in [2.75, 3.05) is 6.61 Å². The molecule has 0 fully saturated rings. The van der Waals surface area contributed by atoms with Crippen molar-refractivity contribution in [2.45, 2.75) is 6.92 Å². The minimum absolute atomic E-state index is 0.0777. The van der Waals surface area contributed by atoms with Crippen molar-refractivity contribution >= 4 is 5.97 Å². The maximum Gasteiger partial charge on any atom is 0.376 e. The number of ether oxygens (including phenoxy) is 1. The lowest BCUT2D eigenvalue weighted by atomic mass is 10.3. The number of esters is 1. The molecule has 2 heterocycles. The number of nitrogens with one attached hydrogen (secondary N) is 1. The molecule has 82 valence electrons. The zero-order chi connectivity index (χ0) is 11.4. The van der Waals surface area contributed by atoms with E-state index >= 15 is 0 Å². The van der Waals surface area contributed by atoms with E-state index in [2.05, 4.69) is 15.0 Å². The summed E-state index contributed by atoms with van der Waals surface area (Å²) in [5.41, 5.74) is 1.51. The zero-order valence-corrected chi connectivity index (χ0v) is 8.80. The maximum absolute atomic E-state index is 11.4. The zero-order valence-electron chi connectivity index (χ0n) is 8.80. The number of rotatable bonds is 3. The van der Waals surface area contributed by atoms with Crippen LogP contribution in [0.5, 0.6) is 0 Å². The highest BCUT2D eigenvalue weighted by Crippen LogP contribution is 2.13. The van der Waals surface area contributed by atoms with Gasteiger partial charge in [0.25, 0.3) is 0 Å². The smallest absolute Gasteiger partial charge is 0.376 e. The first-order chi connectivity index (χ1) is 7.81. The number of hydrogen-bond acceptors (Lipinski definition) is 4. The van der Waals surface area contributed by atoms with Crippen molar-refractivity contribution in [2.24, 2.45) is 0 Å². The Labute approximate surface area is 92.5 Å². The van der Waals surface area contributed by atoms with Gasteiger partial charge in [0.1, 0.15) is 0 Å². The molecule has 0 aliphatic rings. The van der Waals surface area contributed by atoms with E-state index in [9.17, 15) is 4.79 Å². The van der Waals surface area contributed by atoms with Gasteiger partial charge in [-0.15, -0.1) is 0 Å². The lowest BCUT2D eigenvalue weighted by molar-refractivity contribution is 0.0512. The molecule has 0 spiro atoms. The van der Waals surface area contributed by atoms with Gasteiger partial charge in [-0.2, -0.15) is 0 Å². The molecule has 0 saturated carbocycles. The second-order valence-electron chi connectivity index (χ2n) is 3.07. The summed E-state index contributed by atoms with van der Waals surface area (Å²) in [5.74, 6) is -0.426. The molecular weight excluding hydrogens is 206 g/mol. The van der Waals surface area contributed by atoms with E-state index in [1.807, 2.05) is 12.1 Å². The number of nitrogens with zero attached hydrogens (tertiary/aromatic N) is 2. The Balaban J connectivity index is 2.30. The SMILES string of the molecule is CCOC(=O)c1nccc(-c2ccc[nH]2)n1. The molecule has 0 atom stereocenters. The largest absolute Gasteiger partial charge is 0.460 e. The topological polar surface area (TPSA) is 67.9 Å². The average molecular weight is 217 g/mol. The third-order valence-electron chi connectivity index (χ3n) is 1.99. The number of aromatic nitrogens is 3. The Morgan fingerprint density at radius 2 is 2.38 bits per heavy atom. The van der Waals surface area contributed by atoms with Crippen LogP contribution in [0.2, 0.25) is 0 Å². The highest BCUT2D eigenvalue weighted by molar-refractivity contribution is 5.85. The lowest BCUT2D eigenvalue weighted by Crippen LogP contribution is -2.09. The minimum atomic E-state index is -0.504. The summed E-state index contributed by atoms with van der Waals surface area (Å²) in [5, 5.41) is 0. The van der Waals surface area contributed by atoms with Gasteiger partial charge < -0.3 is 9.72 Å². The molecule has 0 radical (unpaired) electrons. The second kappa shape index (κ2) is 4.57. The molecule has 0 bridgehead atoms. The third kappa shape index (κ3) is 2.08. The number of carbonyl (C=O) groups excluding carboxylic acids is 1. The first-order valence-electron chi connectivity index (χ1n) is 4.95. The first kappa shape index (κ1) is 10.4. The number of carbonyl (C=O) groups is 1. The Morgan fingerprint density at radius 3 is 3.06 bits per heavy atom. The molecule has 5 heteroatoms. The molecule has 0 unspecified atom stereocenters. The Morgan fingerprint density at radius 1 is 1.50 bits per heavy atom. The van der Waals surface area contributed by atoms with Gasteiger partial charge in [-0.05, 0) is 25.1 Å². The van der Waals surface area contributed by atoms with Gasteiger partial charge in [-0.1, -0.05) is 0 Å². The first-order valence-corrected chi connectivity index (χ1v) is 4.95. The van der Waals surface area contributed by atoms with Gasteiger partial charge in [0, 0.05) is 12.4 Å². The van der Waals surface area contributed by atoms with Crippen LogP contribution in [-0.4, -0.2) is 27.5 Å². The van der Waals surface area contributed by atoms with Crippen LogP contribution in [0.3, 0.4) is 0 Å². The average Bonchev–Trinajstić information content (AvgIpc) is 2.83. The molecule has 0 aromatic carbocycles. The summed E-state index contributed by atoms with van der Waals surface area (Å²) < 4.78 is 4.83. The molecule has 2 aromatic rings. The van der Waals surface area contributed by atoms with Gasteiger partial charge in [-0.25, -0.2) is 14.8 Å². The van der Waals surface area contributed by atoms with Crippen molar-refractivity contribution in [1.29, 1.82) is 0 Å². The summed E-state index contributed by atoms with van der Waals surface area (Å²) >= 11 is 0. The van der Waals surface area contributed by atoms with E-state index in [1.165, 1.54) is 6.20 Å². The number of hydrogen-bond donors (Lipinski definition) is 1. The van der Waals surface area contributed by atoms with E-state index in [0.29, 0.717) is 12.3 Å². The molecule has 2 rings (SSSR count). The fourth-order valence-corrected chi connectivity index (χ4v) is 1.29. The number of H-pyrrole nitrogens is 1. The van der Waals surface area contributed by atoms with Gasteiger partial charge >= 0.3 is 5.97 Å². The fraction of sp³-hybridized carbons (Fsp3) is 0.182. The third-order valence-corrected chi connectivity index (χ3v) is 1.99. The minimum Gasteiger partial charge on any atom is -0.460 e. The van der Waals surface area contributed by atoms with E-state index < -0.39 is 5.97 Å². The van der Waals surface area contributed by atoms with Crippen LogP contribution in [0, 0.1) is 0 Å². The summed E-state index contributed by atoms with van der Waals surface area (Å²) in [4.78, 5) is 22.4. The van der Waals surface area contributed by atoms with Gasteiger partial charge in [0.05, 0.1) is 18.0 Å². The van der Waals surface area contributed by atoms with E-state index in [0.717, 1.165) is 5.69 Å².